The average molecular weight is 359 g/mol. The maximum Gasteiger partial charge on any atom is 0.222 e. The first kappa shape index (κ1) is 19.2. The second kappa shape index (κ2) is 9.36. The molecule has 1 amide bonds. The van der Waals surface area contributed by atoms with Gasteiger partial charge >= 0.3 is 0 Å². The van der Waals surface area contributed by atoms with E-state index < -0.39 is 0 Å². The molecule has 0 radical (unpaired) electrons. The molecule has 0 bridgehead atoms. The molecule has 1 aromatic heterocycles. The van der Waals surface area contributed by atoms with Crippen LogP contribution >= 0.6 is 0 Å². The zero-order valence-corrected chi connectivity index (χ0v) is 16.4. The minimum Gasteiger partial charge on any atom is -0.354 e. The van der Waals surface area contributed by atoms with Gasteiger partial charge < -0.3 is 9.80 Å². The van der Waals surface area contributed by atoms with Gasteiger partial charge in [-0.15, -0.1) is 0 Å². The third-order valence-corrected chi connectivity index (χ3v) is 5.67. The van der Waals surface area contributed by atoms with Gasteiger partial charge in [-0.1, -0.05) is 19.9 Å². The maximum atomic E-state index is 12.4. The second-order valence-corrected chi connectivity index (χ2v) is 8.26. The van der Waals surface area contributed by atoms with E-state index in [1.165, 1.54) is 6.42 Å². The van der Waals surface area contributed by atoms with Gasteiger partial charge in [0.2, 0.25) is 5.91 Å². The van der Waals surface area contributed by atoms with Gasteiger partial charge in [-0.25, -0.2) is 4.98 Å². The summed E-state index contributed by atoms with van der Waals surface area (Å²) in [5.74, 6) is 2.69. The monoisotopic (exact) mass is 358 g/mol. The highest BCUT2D eigenvalue weighted by Crippen LogP contribution is 2.21. The van der Waals surface area contributed by atoms with Crippen LogP contribution in [-0.2, 0) is 4.79 Å². The molecule has 1 atom stereocenters. The molecular formula is C21H34N4O. The van der Waals surface area contributed by atoms with Crippen LogP contribution in [0.15, 0.2) is 24.4 Å². The Balaban J connectivity index is 1.42. The molecule has 0 N–H and O–H groups in total. The Bertz CT molecular complexity index is 554. The molecule has 0 unspecified atom stereocenters. The molecule has 2 aliphatic heterocycles. The fourth-order valence-corrected chi connectivity index (χ4v) is 4.08. The number of hydrogen-bond acceptors (Lipinski definition) is 4. The summed E-state index contributed by atoms with van der Waals surface area (Å²) in [4.78, 5) is 24.0. The lowest BCUT2D eigenvalue weighted by molar-refractivity contribution is -0.133. The van der Waals surface area contributed by atoms with Crippen molar-refractivity contribution in [3.05, 3.63) is 24.4 Å². The number of piperidine rings is 1. The molecule has 1 aromatic rings. The SMILES string of the molecule is CC(C)CCC(=O)N1CCC[C@@H](CN2CCN(c3ccccn3)CC2)C1. The summed E-state index contributed by atoms with van der Waals surface area (Å²) in [6.07, 6.45) is 6.01. The van der Waals surface area contributed by atoms with Crippen molar-refractivity contribution in [2.75, 3.05) is 50.7 Å². The number of rotatable bonds is 6. The molecule has 144 valence electrons. The molecule has 3 heterocycles. The minimum atomic E-state index is 0.364. The molecule has 26 heavy (non-hydrogen) atoms. The first-order valence-electron chi connectivity index (χ1n) is 10.3. The summed E-state index contributed by atoms with van der Waals surface area (Å²) in [6, 6.07) is 6.12. The van der Waals surface area contributed by atoms with Gasteiger partial charge in [0.15, 0.2) is 0 Å². The molecule has 3 rings (SSSR count). The molecule has 2 aliphatic rings. The first-order valence-corrected chi connectivity index (χ1v) is 10.3. The summed E-state index contributed by atoms with van der Waals surface area (Å²) >= 11 is 0. The maximum absolute atomic E-state index is 12.4. The van der Waals surface area contributed by atoms with Crippen molar-refractivity contribution in [3.63, 3.8) is 0 Å². The van der Waals surface area contributed by atoms with Crippen molar-refractivity contribution in [2.45, 2.75) is 39.5 Å². The van der Waals surface area contributed by atoms with Crippen LogP contribution in [0.1, 0.15) is 39.5 Å². The highest BCUT2D eigenvalue weighted by atomic mass is 16.2. The number of carbonyl (C=O) groups excluding carboxylic acids is 1. The second-order valence-electron chi connectivity index (χ2n) is 8.26. The average Bonchev–Trinajstić information content (AvgIpc) is 2.67. The molecule has 5 heteroatoms. The van der Waals surface area contributed by atoms with Crippen LogP contribution in [0.25, 0.3) is 0 Å². The van der Waals surface area contributed by atoms with Crippen molar-refractivity contribution in [3.8, 4) is 0 Å². The lowest BCUT2D eigenvalue weighted by Gasteiger charge is -2.39. The number of likely N-dealkylation sites (tertiary alicyclic amines) is 1. The predicted molar refractivity (Wildman–Crippen MR) is 106 cm³/mol. The van der Waals surface area contributed by atoms with E-state index in [4.69, 9.17) is 0 Å². The summed E-state index contributed by atoms with van der Waals surface area (Å²) in [5.41, 5.74) is 0. The van der Waals surface area contributed by atoms with Crippen molar-refractivity contribution in [1.29, 1.82) is 0 Å². The van der Waals surface area contributed by atoms with Crippen LogP contribution < -0.4 is 4.90 Å². The highest BCUT2D eigenvalue weighted by molar-refractivity contribution is 5.76. The van der Waals surface area contributed by atoms with Crippen LogP contribution in [-0.4, -0.2) is 66.5 Å². The van der Waals surface area contributed by atoms with Gasteiger partial charge in [-0.05, 0) is 43.2 Å². The van der Waals surface area contributed by atoms with Gasteiger partial charge in [0.05, 0.1) is 0 Å². The normalized spacial score (nSPS) is 22.0. The summed E-state index contributed by atoms with van der Waals surface area (Å²) in [5, 5.41) is 0. The fourth-order valence-electron chi connectivity index (χ4n) is 4.08. The Morgan fingerprint density at radius 1 is 1.19 bits per heavy atom. The van der Waals surface area contributed by atoms with Crippen LogP contribution in [0.4, 0.5) is 5.82 Å². The van der Waals surface area contributed by atoms with Crippen LogP contribution in [0.2, 0.25) is 0 Å². The Labute approximate surface area is 158 Å². The molecule has 0 saturated carbocycles. The van der Waals surface area contributed by atoms with E-state index in [9.17, 15) is 4.79 Å². The number of aromatic nitrogens is 1. The van der Waals surface area contributed by atoms with E-state index in [1.54, 1.807) is 0 Å². The first-order chi connectivity index (χ1) is 12.6. The number of hydrogen-bond donors (Lipinski definition) is 0. The van der Waals surface area contributed by atoms with Gasteiger partial charge in [0.25, 0.3) is 0 Å². The van der Waals surface area contributed by atoms with Crippen molar-refractivity contribution < 1.29 is 4.79 Å². The largest absolute Gasteiger partial charge is 0.354 e. The molecule has 2 saturated heterocycles. The van der Waals surface area contributed by atoms with Crippen molar-refractivity contribution >= 4 is 11.7 Å². The van der Waals surface area contributed by atoms with Gasteiger partial charge in [-0.2, -0.15) is 0 Å². The van der Waals surface area contributed by atoms with E-state index in [-0.39, 0.29) is 0 Å². The van der Waals surface area contributed by atoms with Gasteiger partial charge in [0, 0.05) is 58.4 Å². The third kappa shape index (κ3) is 5.44. The zero-order valence-electron chi connectivity index (χ0n) is 16.4. The predicted octanol–water partition coefficient (Wildman–Crippen LogP) is 2.88. The minimum absolute atomic E-state index is 0.364. The van der Waals surface area contributed by atoms with Crippen LogP contribution in [0.5, 0.6) is 0 Å². The number of amides is 1. The number of pyridine rings is 1. The summed E-state index contributed by atoms with van der Waals surface area (Å²) < 4.78 is 0. The lowest BCUT2D eigenvalue weighted by Crippen LogP contribution is -2.50. The van der Waals surface area contributed by atoms with E-state index in [0.29, 0.717) is 24.2 Å². The molecule has 2 fully saturated rings. The lowest BCUT2D eigenvalue weighted by atomic mass is 9.96. The molecule has 0 aromatic carbocycles. The van der Waals surface area contributed by atoms with Crippen molar-refractivity contribution in [1.82, 2.24) is 14.8 Å². The number of nitrogens with zero attached hydrogens (tertiary/aromatic N) is 4. The summed E-state index contributed by atoms with van der Waals surface area (Å²) in [6.45, 7) is 11.7. The number of carbonyl (C=O) groups is 1. The van der Waals surface area contributed by atoms with E-state index in [1.807, 2.05) is 12.3 Å². The van der Waals surface area contributed by atoms with E-state index >= 15 is 0 Å². The standard InChI is InChI=1S/C21H34N4O/c1-18(2)8-9-21(26)25-11-5-6-19(17-25)16-23-12-14-24(15-13-23)20-7-3-4-10-22-20/h3-4,7,10,18-19H,5-6,8-9,11-17H2,1-2H3/t19-/m0/s1. The molecule has 5 nitrogen and oxygen atoms in total. The summed E-state index contributed by atoms with van der Waals surface area (Å²) in [7, 11) is 0. The molecule has 0 aliphatic carbocycles. The van der Waals surface area contributed by atoms with Crippen molar-refractivity contribution in [2.24, 2.45) is 11.8 Å². The smallest absolute Gasteiger partial charge is 0.222 e. The number of anilines is 1. The zero-order chi connectivity index (χ0) is 18.4. The van der Waals surface area contributed by atoms with Crippen LogP contribution in [0.3, 0.4) is 0 Å². The topological polar surface area (TPSA) is 39.7 Å². The Morgan fingerprint density at radius 3 is 2.69 bits per heavy atom. The quantitative estimate of drug-likeness (QED) is 0.784. The Hall–Kier alpha value is -1.62. The molecule has 0 spiro atoms. The van der Waals surface area contributed by atoms with Gasteiger partial charge in [0.1, 0.15) is 5.82 Å². The van der Waals surface area contributed by atoms with E-state index in [0.717, 1.165) is 64.5 Å². The Kier molecular flexibility index (Phi) is 6.89. The molecular weight excluding hydrogens is 324 g/mol. The van der Waals surface area contributed by atoms with Gasteiger partial charge in [-0.3, -0.25) is 9.69 Å². The Morgan fingerprint density at radius 2 is 2.00 bits per heavy atom. The fraction of sp³-hybridized carbons (Fsp3) is 0.714. The van der Waals surface area contributed by atoms with Crippen LogP contribution in [0, 0.1) is 11.8 Å². The third-order valence-electron chi connectivity index (χ3n) is 5.67. The number of piperazine rings is 1. The van der Waals surface area contributed by atoms with E-state index in [2.05, 4.69) is 45.7 Å². The highest BCUT2D eigenvalue weighted by Gasteiger charge is 2.26.